The molecule has 0 fully saturated rings. The highest BCUT2D eigenvalue weighted by molar-refractivity contribution is 5.76. The summed E-state index contributed by atoms with van der Waals surface area (Å²) >= 11 is 0. The van der Waals surface area contributed by atoms with Gasteiger partial charge in [-0.25, -0.2) is 0 Å². The third-order valence-corrected chi connectivity index (χ3v) is 3.29. The van der Waals surface area contributed by atoms with E-state index in [9.17, 15) is 4.79 Å². The molecule has 0 spiro atoms. The molecule has 1 heterocycles. The molecule has 0 radical (unpaired) electrons. The van der Waals surface area contributed by atoms with Gasteiger partial charge in [0.2, 0.25) is 5.91 Å². The number of aryl methyl sites for hydroxylation is 1. The minimum absolute atomic E-state index is 0.113. The van der Waals surface area contributed by atoms with Gasteiger partial charge in [0.15, 0.2) is 0 Å². The number of hydrogen-bond donors (Lipinski definition) is 2. The molecule has 100 valence electrons. The van der Waals surface area contributed by atoms with Gasteiger partial charge in [-0.1, -0.05) is 13.8 Å². The highest BCUT2D eigenvalue weighted by Gasteiger charge is 2.23. The van der Waals surface area contributed by atoms with E-state index in [-0.39, 0.29) is 11.9 Å². The quantitative estimate of drug-likeness (QED) is 0.842. The summed E-state index contributed by atoms with van der Waals surface area (Å²) in [4.78, 5) is 11.8. The van der Waals surface area contributed by atoms with Gasteiger partial charge in [-0.3, -0.25) is 4.79 Å². The normalized spacial score (nSPS) is 18.7. The Kier molecular flexibility index (Phi) is 4.42. The fourth-order valence-electron chi connectivity index (χ4n) is 2.38. The Balaban J connectivity index is 1.82. The van der Waals surface area contributed by atoms with Crippen molar-refractivity contribution in [1.29, 1.82) is 0 Å². The number of nitrogens with one attached hydrogen (secondary N) is 2. The largest absolute Gasteiger partial charge is 0.469 e. The molecule has 0 aromatic carbocycles. The monoisotopic (exact) mass is 250 g/mol. The molecule has 1 aromatic heterocycles. The first-order chi connectivity index (χ1) is 8.66. The average Bonchev–Trinajstić information content (AvgIpc) is 2.77. The van der Waals surface area contributed by atoms with Crippen molar-refractivity contribution in [2.45, 2.75) is 51.6 Å². The summed E-state index contributed by atoms with van der Waals surface area (Å²) in [5, 5.41) is 6.34. The molecule has 2 rings (SSSR count). The van der Waals surface area contributed by atoms with E-state index in [0.29, 0.717) is 12.5 Å². The molecular formula is C14H22N2O2. The molecule has 0 bridgehead atoms. The molecule has 2 N–H and O–H groups in total. The van der Waals surface area contributed by atoms with Crippen LogP contribution in [-0.2, 0) is 11.2 Å². The maximum atomic E-state index is 11.8. The second-order valence-electron chi connectivity index (χ2n) is 5.17. The fourth-order valence-corrected chi connectivity index (χ4v) is 2.38. The summed E-state index contributed by atoms with van der Waals surface area (Å²) in [5.41, 5.74) is 1.16. The van der Waals surface area contributed by atoms with Gasteiger partial charge in [-0.2, -0.15) is 0 Å². The molecular weight excluding hydrogens is 228 g/mol. The molecule has 1 aliphatic carbocycles. The van der Waals surface area contributed by atoms with Crippen LogP contribution in [0, 0.1) is 0 Å². The van der Waals surface area contributed by atoms with E-state index in [0.717, 1.165) is 37.1 Å². The molecule has 4 nitrogen and oxygen atoms in total. The van der Waals surface area contributed by atoms with E-state index in [4.69, 9.17) is 4.42 Å². The standard InChI is InChI=1S/C14H22N2O2/c1-10(2)15-8-6-14(17)16-12-4-3-5-13-11(12)7-9-18-13/h7,9-10,12,15H,3-6,8H2,1-2H3,(H,16,17). The van der Waals surface area contributed by atoms with Crippen molar-refractivity contribution in [3.05, 3.63) is 23.7 Å². The summed E-state index contributed by atoms with van der Waals surface area (Å²) < 4.78 is 5.42. The van der Waals surface area contributed by atoms with Crippen molar-refractivity contribution in [3.63, 3.8) is 0 Å². The number of carbonyl (C=O) groups is 1. The van der Waals surface area contributed by atoms with Gasteiger partial charge in [-0.05, 0) is 18.9 Å². The Morgan fingerprint density at radius 3 is 3.17 bits per heavy atom. The van der Waals surface area contributed by atoms with Crippen molar-refractivity contribution >= 4 is 5.91 Å². The van der Waals surface area contributed by atoms with Crippen LogP contribution in [0.3, 0.4) is 0 Å². The Bertz CT molecular complexity index is 398. The second kappa shape index (κ2) is 6.05. The van der Waals surface area contributed by atoms with Crippen molar-refractivity contribution in [3.8, 4) is 0 Å². The SMILES string of the molecule is CC(C)NCCC(=O)NC1CCCc2occc21. The lowest BCUT2D eigenvalue weighted by Gasteiger charge is -2.22. The van der Waals surface area contributed by atoms with Crippen molar-refractivity contribution in [2.75, 3.05) is 6.54 Å². The van der Waals surface area contributed by atoms with Crippen LogP contribution in [-0.4, -0.2) is 18.5 Å². The third-order valence-electron chi connectivity index (χ3n) is 3.29. The predicted molar refractivity (Wildman–Crippen MR) is 70.3 cm³/mol. The van der Waals surface area contributed by atoms with Gasteiger partial charge in [0.05, 0.1) is 12.3 Å². The molecule has 1 unspecified atom stereocenters. The topological polar surface area (TPSA) is 54.3 Å². The number of hydrogen-bond acceptors (Lipinski definition) is 3. The lowest BCUT2D eigenvalue weighted by Crippen LogP contribution is -2.33. The van der Waals surface area contributed by atoms with Gasteiger partial charge < -0.3 is 15.1 Å². The van der Waals surface area contributed by atoms with Crippen molar-refractivity contribution in [1.82, 2.24) is 10.6 Å². The van der Waals surface area contributed by atoms with E-state index in [1.165, 1.54) is 0 Å². The Labute approximate surface area is 108 Å². The first-order valence-electron chi connectivity index (χ1n) is 6.76. The Hall–Kier alpha value is -1.29. The number of amides is 1. The van der Waals surface area contributed by atoms with E-state index >= 15 is 0 Å². The Morgan fingerprint density at radius 1 is 1.56 bits per heavy atom. The maximum Gasteiger partial charge on any atom is 0.221 e. The first kappa shape index (κ1) is 13.1. The first-order valence-corrected chi connectivity index (χ1v) is 6.76. The van der Waals surface area contributed by atoms with E-state index in [1.807, 2.05) is 6.07 Å². The highest BCUT2D eigenvalue weighted by atomic mass is 16.3. The molecule has 1 aliphatic rings. The number of carbonyl (C=O) groups excluding carboxylic acids is 1. The van der Waals surface area contributed by atoms with Crippen LogP contribution in [0.4, 0.5) is 0 Å². The lowest BCUT2D eigenvalue weighted by molar-refractivity contribution is -0.121. The molecule has 0 saturated heterocycles. The van der Waals surface area contributed by atoms with Gasteiger partial charge in [0.25, 0.3) is 0 Å². The smallest absolute Gasteiger partial charge is 0.221 e. The van der Waals surface area contributed by atoms with E-state index in [1.54, 1.807) is 6.26 Å². The van der Waals surface area contributed by atoms with Crippen molar-refractivity contribution in [2.24, 2.45) is 0 Å². The van der Waals surface area contributed by atoms with Crippen LogP contribution in [0.5, 0.6) is 0 Å². The van der Waals surface area contributed by atoms with Gasteiger partial charge >= 0.3 is 0 Å². The zero-order valence-corrected chi connectivity index (χ0v) is 11.2. The summed E-state index contributed by atoms with van der Waals surface area (Å²) in [6, 6.07) is 2.54. The Morgan fingerprint density at radius 2 is 2.39 bits per heavy atom. The number of furan rings is 1. The lowest BCUT2D eigenvalue weighted by atomic mass is 9.93. The molecule has 4 heteroatoms. The summed E-state index contributed by atoms with van der Waals surface area (Å²) in [7, 11) is 0. The van der Waals surface area contributed by atoms with Crippen LogP contribution in [0.2, 0.25) is 0 Å². The minimum atomic E-state index is 0.113. The molecule has 1 atom stereocenters. The van der Waals surface area contributed by atoms with Crippen LogP contribution in [0.15, 0.2) is 16.7 Å². The zero-order valence-electron chi connectivity index (χ0n) is 11.2. The number of fused-ring (bicyclic) bond motifs is 1. The zero-order chi connectivity index (χ0) is 13.0. The second-order valence-corrected chi connectivity index (χ2v) is 5.17. The molecule has 1 amide bonds. The van der Waals surface area contributed by atoms with Crippen LogP contribution in [0.1, 0.15) is 50.5 Å². The predicted octanol–water partition coefficient (Wildman–Crippen LogP) is 2.16. The molecule has 0 saturated carbocycles. The molecule has 1 aromatic rings. The van der Waals surface area contributed by atoms with Crippen LogP contribution < -0.4 is 10.6 Å². The summed E-state index contributed by atoms with van der Waals surface area (Å²) in [5.74, 6) is 1.15. The molecule has 18 heavy (non-hydrogen) atoms. The van der Waals surface area contributed by atoms with Gasteiger partial charge in [0, 0.05) is 31.0 Å². The number of rotatable bonds is 5. The van der Waals surface area contributed by atoms with Crippen LogP contribution >= 0.6 is 0 Å². The maximum absolute atomic E-state index is 11.8. The molecule has 0 aliphatic heterocycles. The van der Waals surface area contributed by atoms with Gasteiger partial charge in [0.1, 0.15) is 5.76 Å². The van der Waals surface area contributed by atoms with Crippen molar-refractivity contribution < 1.29 is 9.21 Å². The third kappa shape index (κ3) is 3.35. The van der Waals surface area contributed by atoms with E-state index < -0.39 is 0 Å². The van der Waals surface area contributed by atoms with Crippen LogP contribution in [0.25, 0.3) is 0 Å². The minimum Gasteiger partial charge on any atom is -0.469 e. The van der Waals surface area contributed by atoms with E-state index in [2.05, 4.69) is 24.5 Å². The average molecular weight is 250 g/mol. The summed E-state index contributed by atoms with van der Waals surface area (Å²) in [6.07, 6.45) is 5.33. The summed E-state index contributed by atoms with van der Waals surface area (Å²) in [6.45, 7) is 4.89. The fraction of sp³-hybridized carbons (Fsp3) is 0.643. The van der Waals surface area contributed by atoms with Gasteiger partial charge in [-0.15, -0.1) is 0 Å². The highest BCUT2D eigenvalue weighted by Crippen LogP contribution is 2.30.